The number of carbonyl (C=O) groups excluding carboxylic acids is 1. The van der Waals surface area contributed by atoms with Crippen LogP contribution in [0.5, 0.6) is 0 Å². The zero-order chi connectivity index (χ0) is 26.5. The number of nitrogens with zero attached hydrogens (tertiary/aromatic N) is 3. The largest absolute Gasteiger partial charge is 0.353 e. The molecular weight excluding hydrogens is 485 g/mol. The second-order valence-corrected chi connectivity index (χ2v) is 9.65. The number of aromatic nitrogens is 3. The van der Waals surface area contributed by atoms with Crippen LogP contribution in [0.15, 0.2) is 24.7 Å². The van der Waals surface area contributed by atoms with Crippen molar-refractivity contribution >= 4 is 34.5 Å². The second kappa shape index (κ2) is 15.9. The number of hydrogen-bond donors (Lipinski definition) is 2. The molecule has 0 spiro atoms. The van der Waals surface area contributed by atoms with E-state index in [0.717, 1.165) is 28.8 Å². The van der Waals surface area contributed by atoms with Gasteiger partial charge in [0.15, 0.2) is 5.65 Å². The number of carbonyl (C=O) groups is 1. The van der Waals surface area contributed by atoms with E-state index in [2.05, 4.69) is 35.0 Å². The molecule has 3 heterocycles. The first-order valence-corrected chi connectivity index (χ1v) is 13.9. The Kier molecular flexibility index (Phi) is 14.0. The van der Waals surface area contributed by atoms with Gasteiger partial charge in [-0.2, -0.15) is 5.10 Å². The average Bonchev–Trinajstić information content (AvgIpc) is 3.47. The van der Waals surface area contributed by atoms with Gasteiger partial charge >= 0.3 is 0 Å². The van der Waals surface area contributed by atoms with Crippen molar-refractivity contribution in [3.8, 4) is 11.1 Å². The van der Waals surface area contributed by atoms with Crippen LogP contribution in [0.2, 0.25) is 5.02 Å². The lowest BCUT2D eigenvalue weighted by molar-refractivity contribution is -0.428. The molecule has 0 aromatic carbocycles. The Bertz CT molecular complexity index is 1040. The van der Waals surface area contributed by atoms with Gasteiger partial charge in [-0.15, -0.1) is 11.3 Å². The molecule has 3 rings (SSSR count). The van der Waals surface area contributed by atoms with Gasteiger partial charge in [0.25, 0.3) is 5.91 Å². The highest BCUT2D eigenvalue weighted by Crippen LogP contribution is 2.34. The summed E-state index contributed by atoms with van der Waals surface area (Å²) in [5.74, 6) is -0.265. The molecule has 4 N–H and O–H groups in total. The van der Waals surface area contributed by atoms with Gasteiger partial charge in [0.1, 0.15) is 18.3 Å². The Hall–Kier alpha value is -2.03. The molecule has 196 valence electrons. The van der Waals surface area contributed by atoms with E-state index in [1.807, 2.05) is 40.7 Å². The summed E-state index contributed by atoms with van der Waals surface area (Å²) in [7, 11) is 0. The van der Waals surface area contributed by atoms with E-state index in [0.29, 0.717) is 28.4 Å². The maximum atomic E-state index is 14.7. The summed E-state index contributed by atoms with van der Waals surface area (Å²) in [6.45, 7) is 14.2. The Morgan fingerprint density at radius 3 is 2.43 bits per heavy atom. The van der Waals surface area contributed by atoms with E-state index in [4.69, 9.17) is 11.6 Å². The first-order chi connectivity index (χ1) is 16.8. The Labute approximate surface area is 218 Å². The first-order valence-electron chi connectivity index (χ1n) is 12.7. The molecule has 3 aromatic rings. The van der Waals surface area contributed by atoms with Gasteiger partial charge in [0.05, 0.1) is 22.3 Å². The maximum Gasteiger partial charge on any atom is 0.261 e. The minimum absolute atomic E-state index is 0.186. The summed E-state index contributed by atoms with van der Waals surface area (Å²) in [4.78, 5) is 19.0. The molecule has 0 bridgehead atoms. The Morgan fingerprint density at radius 1 is 1.20 bits per heavy atom. The van der Waals surface area contributed by atoms with E-state index in [1.54, 1.807) is 23.1 Å². The third-order valence-electron chi connectivity index (χ3n) is 5.25. The van der Waals surface area contributed by atoms with Crippen molar-refractivity contribution in [1.29, 1.82) is 0 Å². The number of aryl methyl sites for hydroxylation is 1. The van der Waals surface area contributed by atoms with Crippen LogP contribution >= 0.6 is 22.9 Å². The summed E-state index contributed by atoms with van der Waals surface area (Å²) < 4.78 is 16.3. The fourth-order valence-corrected chi connectivity index (χ4v) is 4.67. The summed E-state index contributed by atoms with van der Waals surface area (Å²) in [5.41, 5.74) is 6.48. The normalized spacial score (nSPS) is 13.2. The monoisotopic (exact) mass is 526 g/mol. The second-order valence-electron chi connectivity index (χ2n) is 8.08. The topological polar surface area (TPSA) is 86.9 Å². The molecule has 3 atom stereocenters. The number of quaternary nitrogens is 1. The lowest BCUT2D eigenvalue weighted by Gasteiger charge is -2.24. The number of rotatable bonds is 9. The average molecular weight is 527 g/mol. The third-order valence-corrected chi connectivity index (χ3v) is 6.73. The van der Waals surface area contributed by atoms with Crippen molar-refractivity contribution in [2.24, 2.45) is 0 Å². The predicted octanol–water partition coefficient (Wildman–Crippen LogP) is 6.37. The van der Waals surface area contributed by atoms with Crippen LogP contribution in [0.25, 0.3) is 16.8 Å². The quantitative estimate of drug-likeness (QED) is 0.339. The fourth-order valence-electron chi connectivity index (χ4n) is 3.51. The van der Waals surface area contributed by atoms with Crippen molar-refractivity contribution in [1.82, 2.24) is 19.9 Å². The van der Waals surface area contributed by atoms with Crippen LogP contribution in [0.1, 0.15) is 88.7 Å². The van der Waals surface area contributed by atoms with Gasteiger partial charge < -0.3 is 11.1 Å². The molecule has 6 nitrogen and oxygen atoms in total. The van der Waals surface area contributed by atoms with Crippen LogP contribution in [-0.4, -0.2) is 38.8 Å². The van der Waals surface area contributed by atoms with E-state index >= 15 is 0 Å². The predicted molar refractivity (Wildman–Crippen MR) is 146 cm³/mol. The van der Waals surface area contributed by atoms with Crippen LogP contribution < -0.4 is 11.1 Å². The van der Waals surface area contributed by atoms with Gasteiger partial charge in [-0.3, -0.25) is 4.79 Å². The number of nitrogens with one attached hydrogen (secondary N) is 1. The summed E-state index contributed by atoms with van der Waals surface area (Å²) in [6, 6.07) is 1.06. The first kappa shape index (κ1) is 31.0. The van der Waals surface area contributed by atoms with Crippen molar-refractivity contribution in [2.75, 3.05) is 0 Å². The molecule has 0 aliphatic heterocycles. The van der Waals surface area contributed by atoms with Gasteiger partial charge in [-0.1, -0.05) is 72.9 Å². The van der Waals surface area contributed by atoms with Crippen LogP contribution in [-0.2, 0) is 6.42 Å². The van der Waals surface area contributed by atoms with Gasteiger partial charge in [0, 0.05) is 22.2 Å². The number of amides is 1. The molecule has 0 radical (unpaired) electrons. The third kappa shape index (κ3) is 8.26. The summed E-state index contributed by atoms with van der Waals surface area (Å²) in [5, 5.41) is 7.73. The van der Waals surface area contributed by atoms with E-state index in [9.17, 15) is 9.18 Å². The van der Waals surface area contributed by atoms with Crippen molar-refractivity contribution < 1.29 is 14.9 Å². The Balaban J connectivity index is 0.00000114. The van der Waals surface area contributed by atoms with E-state index < -0.39 is 12.2 Å². The lowest BCUT2D eigenvalue weighted by Crippen LogP contribution is -2.71. The van der Waals surface area contributed by atoms with Crippen LogP contribution in [0, 0.1) is 0 Å². The van der Waals surface area contributed by atoms with Crippen LogP contribution in [0.3, 0.4) is 0 Å². The SMILES string of the molecule is CC.CCC.CCCC(F)C(NC(=O)c1cc(-c2cnn3cc(Cl)cnc23)c(CC)s1)C([NH3+])CC. The summed E-state index contributed by atoms with van der Waals surface area (Å²) in [6.07, 6.45) is 7.72. The smallest absolute Gasteiger partial charge is 0.261 e. The lowest BCUT2D eigenvalue weighted by atomic mass is 9.98. The highest BCUT2D eigenvalue weighted by atomic mass is 35.5. The minimum Gasteiger partial charge on any atom is -0.353 e. The van der Waals surface area contributed by atoms with Gasteiger partial charge in [0.2, 0.25) is 0 Å². The van der Waals surface area contributed by atoms with E-state index in [1.165, 1.54) is 17.8 Å². The molecule has 0 aliphatic rings. The molecule has 0 fully saturated rings. The molecule has 0 saturated heterocycles. The van der Waals surface area contributed by atoms with Crippen molar-refractivity contribution in [3.05, 3.63) is 39.4 Å². The molecule has 35 heavy (non-hydrogen) atoms. The number of halogens is 2. The van der Waals surface area contributed by atoms with Crippen LogP contribution in [0.4, 0.5) is 4.39 Å². The molecular formula is C26H42ClFN5OS+. The number of fused-ring (bicyclic) bond motifs is 1. The van der Waals surface area contributed by atoms with Crippen molar-refractivity contribution in [3.63, 3.8) is 0 Å². The van der Waals surface area contributed by atoms with Gasteiger partial charge in [-0.05, 0) is 25.3 Å². The molecule has 3 unspecified atom stereocenters. The molecule has 0 saturated carbocycles. The fraction of sp³-hybridized carbons (Fsp3) is 0.577. The number of alkyl halides is 1. The number of thiophene rings is 1. The maximum absolute atomic E-state index is 14.7. The molecule has 3 aromatic heterocycles. The summed E-state index contributed by atoms with van der Waals surface area (Å²) >= 11 is 7.42. The number of hydrogen-bond acceptors (Lipinski definition) is 4. The Morgan fingerprint density at radius 2 is 1.86 bits per heavy atom. The molecule has 1 amide bonds. The molecule has 9 heteroatoms. The van der Waals surface area contributed by atoms with E-state index in [-0.39, 0.29) is 11.9 Å². The van der Waals surface area contributed by atoms with Crippen molar-refractivity contribution in [2.45, 2.75) is 98.8 Å². The van der Waals surface area contributed by atoms with Gasteiger partial charge in [-0.25, -0.2) is 13.9 Å². The highest BCUT2D eigenvalue weighted by Gasteiger charge is 2.31. The zero-order valence-electron chi connectivity index (χ0n) is 22.2. The highest BCUT2D eigenvalue weighted by molar-refractivity contribution is 7.14. The molecule has 0 aliphatic carbocycles. The minimum atomic E-state index is -1.11. The zero-order valence-corrected chi connectivity index (χ0v) is 23.8. The standard InChI is InChI=1S/C21H27ClFN5OS.C3H8.C2H6/c1-4-7-15(23)19(16(24)5-2)27-21(29)18-8-13(17(6-3)30-18)14-10-26-28-11-12(22)9-25-20(14)28;1-3-2;1-2/h8-11,15-16,19H,4-7,24H2,1-3H3,(H,27,29);3H2,1-2H3;1-2H3/p+1.